The number of carbonyl (C=O) groups is 1. The number of hydrogen-bond donors (Lipinski definition) is 0. The first kappa shape index (κ1) is 22.2. The molecule has 0 spiro atoms. The van der Waals surface area contributed by atoms with E-state index in [-0.39, 0.29) is 6.09 Å². The average molecular weight is 551 g/mol. The molecule has 0 atom stereocenters. The Labute approximate surface area is 198 Å². The maximum absolute atomic E-state index is 12.3. The minimum atomic E-state index is -0.473. The molecule has 0 aromatic carbocycles. The SMILES string of the molecule is Cc1cn(SI)c2ncc(-c3ccc(N4CCN(C(=O)OC(C)(C)C)CC4)nc3)cc12. The summed E-state index contributed by atoms with van der Waals surface area (Å²) in [4.78, 5) is 25.6. The molecule has 4 heterocycles. The van der Waals surface area contributed by atoms with Crippen molar-refractivity contribution in [2.75, 3.05) is 31.1 Å². The van der Waals surface area contributed by atoms with E-state index in [9.17, 15) is 4.79 Å². The summed E-state index contributed by atoms with van der Waals surface area (Å²) in [6.07, 6.45) is 5.67. The van der Waals surface area contributed by atoms with E-state index in [0.29, 0.717) is 13.1 Å². The molecule has 4 rings (SSSR count). The molecular formula is C22H26IN5O2S. The number of pyridine rings is 2. The van der Waals surface area contributed by atoms with Crippen molar-refractivity contribution in [1.29, 1.82) is 0 Å². The van der Waals surface area contributed by atoms with Gasteiger partial charge in [-0.3, -0.25) is 3.97 Å². The Morgan fingerprint density at radius 3 is 2.42 bits per heavy atom. The highest BCUT2D eigenvalue weighted by molar-refractivity contribution is 14.2. The third kappa shape index (κ3) is 4.92. The highest BCUT2D eigenvalue weighted by atomic mass is 127. The van der Waals surface area contributed by atoms with E-state index < -0.39 is 5.60 Å². The van der Waals surface area contributed by atoms with E-state index in [1.165, 1.54) is 5.56 Å². The fraction of sp³-hybridized carbons (Fsp3) is 0.409. The maximum atomic E-state index is 12.3. The van der Waals surface area contributed by atoms with Gasteiger partial charge in [-0.15, -0.1) is 0 Å². The molecule has 1 aliphatic rings. The second kappa shape index (κ2) is 8.85. The minimum Gasteiger partial charge on any atom is -0.444 e. The number of aryl methyl sites for hydroxylation is 1. The first-order chi connectivity index (χ1) is 14.7. The molecule has 0 aliphatic carbocycles. The van der Waals surface area contributed by atoms with Crippen molar-refractivity contribution in [3.05, 3.63) is 42.4 Å². The summed E-state index contributed by atoms with van der Waals surface area (Å²) >= 11 is 2.27. The van der Waals surface area contributed by atoms with Gasteiger partial charge in [0.2, 0.25) is 0 Å². The molecule has 0 saturated carbocycles. The van der Waals surface area contributed by atoms with Gasteiger partial charge in [-0.1, -0.05) is 0 Å². The van der Waals surface area contributed by atoms with Gasteiger partial charge in [0.1, 0.15) is 11.4 Å². The molecule has 0 N–H and O–H groups in total. The molecule has 1 aliphatic heterocycles. The number of carbonyl (C=O) groups excluding carboxylic acids is 1. The average Bonchev–Trinajstić information content (AvgIpc) is 3.08. The second-order valence-electron chi connectivity index (χ2n) is 8.66. The standard InChI is InChI=1S/C22H26IN5O2S/c1-15-14-28(31-23)20-18(15)11-17(13-25-20)16-5-6-19(24-12-16)26-7-9-27(10-8-26)21(29)30-22(2,3)4/h5-6,11-14H,7-10H2,1-4H3. The highest BCUT2D eigenvalue weighted by Gasteiger charge is 2.26. The maximum Gasteiger partial charge on any atom is 0.410 e. The lowest BCUT2D eigenvalue weighted by molar-refractivity contribution is 0.0240. The summed E-state index contributed by atoms with van der Waals surface area (Å²) in [5.74, 6) is 0.922. The predicted octanol–water partition coefficient (Wildman–Crippen LogP) is 5.31. The van der Waals surface area contributed by atoms with Gasteiger partial charge in [-0.2, -0.15) is 0 Å². The lowest BCUT2D eigenvalue weighted by Gasteiger charge is -2.36. The Hall–Kier alpha value is -2.01. The van der Waals surface area contributed by atoms with Crippen molar-refractivity contribution in [2.45, 2.75) is 33.3 Å². The van der Waals surface area contributed by atoms with Gasteiger partial charge < -0.3 is 14.5 Å². The van der Waals surface area contributed by atoms with Crippen LogP contribution >= 0.6 is 30.3 Å². The number of fused-ring (bicyclic) bond motifs is 1. The molecule has 9 heteroatoms. The first-order valence-corrected chi connectivity index (χ1v) is 13.5. The summed E-state index contributed by atoms with van der Waals surface area (Å²) in [5.41, 5.74) is 3.81. The number of halogens is 1. The number of rotatable bonds is 3. The van der Waals surface area contributed by atoms with Crippen LogP contribution in [0.15, 0.2) is 36.8 Å². The van der Waals surface area contributed by atoms with Crippen molar-refractivity contribution < 1.29 is 9.53 Å². The summed E-state index contributed by atoms with van der Waals surface area (Å²) in [7, 11) is 1.62. The number of nitrogens with zero attached hydrogens (tertiary/aromatic N) is 5. The molecule has 1 fully saturated rings. The highest BCUT2D eigenvalue weighted by Crippen LogP contribution is 2.30. The van der Waals surface area contributed by atoms with Crippen LogP contribution in [0, 0.1) is 6.92 Å². The quantitative estimate of drug-likeness (QED) is 0.412. The molecule has 0 bridgehead atoms. The van der Waals surface area contributed by atoms with Crippen LogP contribution < -0.4 is 4.90 Å². The third-order valence-corrected chi connectivity index (χ3v) is 6.92. The molecule has 1 saturated heterocycles. The van der Waals surface area contributed by atoms with Crippen LogP contribution in [0.2, 0.25) is 0 Å². The number of ether oxygens (including phenoxy) is 1. The van der Waals surface area contributed by atoms with Crippen LogP contribution in [0.3, 0.4) is 0 Å². The zero-order valence-corrected chi connectivity index (χ0v) is 21.1. The Balaban J connectivity index is 1.44. The van der Waals surface area contributed by atoms with Gasteiger partial charge in [0.05, 0.1) is 0 Å². The van der Waals surface area contributed by atoms with Crippen LogP contribution in [0.25, 0.3) is 22.2 Å². The molecule has 164 valence electrons. The molecule has 7 nitrogen and oxygen atoms in total. The van der Waals surface area contributed by atoms with E-state index in [0.717, 1.165) is 41.1 Å². The molecule has 1 amide bonds. The van der Waals surface area contributed by atoms with Crippen LogP contribution in [0.1, 0.15) is 26.3 Å². The number of aromatic nitrogens is 3. The molecule has 0 radical (unpaired) electrons. The normalized spacial score (nSPS) is 14.9. The monoisotopic (exact) mass is 551 g/mol. The van der Waals surface area contributed by atoms with E-state index in [2.05, 4.69) is 65.3 Å². The third-order valence-electron chi connectivity index (χ3n) is 5.22. The number of hydrogen-bond acceptors (Lipinski definition) is 6. The van der Waals surface area contributed by atoms with Crippen molar-refractivity contribution in [2.24, 2.45) is 0 Å². The lowest BCUT2D eigenvalue weighted by Crippen LogP contribution is -2.50. The Kier molecular flexibility index (Phi) is 6.34. The summed E-state index contributed by atoms with van der Waals surface area (Å²) in [6.45, 7) is 10.5. The fourth-order valence-corrected chi connectivity index (χ4v) is 4.94. The zero-order valence-electron chi connectivity index (χ0n) is 18.1. The number of anilines is 1. The predicted molar refractivity (Wildman–Crippen MR) is 135 cm³/mol. The topological polar surface area (TPSA) is 63.5 Å². The van der Waals surface area contributed by atoms with E-state index >= 15 is 0 Å². The largest absolute Gasteiger partial charge is 0.444 e. The number of piperazine rings is 1. The first-order valence-electron chi connectivity index (χ1n) is 10.2. The Morgan fingerprint density at radius 2 is 1.81 bits per heavy atom. The van der Waals surface area contributed by atoms with E-state index in [1.807, 2.05) is 39.2 Å². The van der Waals surface area contributed by atoms with Gasteiger partial charge >= 0.3 is 6.09 Å². The minimum absolute atomic E-state index is 0.247. The summed E-state index contributed by atoms with van der Waals surface area (Å²) < 4.78 is 7.55. The molecule has 0 unspecified atom stereocenters. The molecule has 3 aromatic rings. The van der Waals surface area contributed by atoms with Crippen LogP contribution in [-0.2, 0) is 4.74 Å². The van der Waals surface area contributed by atoms with Crippen LogP contribution in [0.5, 0.6) is 0 Å². The van der Waals surface area contributed by atoms with Crippen molar-refractivity contribution in [3.8, 4) is 11.1 Å². The van der Waals surface area contributed by atoms with Gasteiger partial charge in [0.15, 0.2) is 5.65 Å². The number of amides is 1. The summed E-state index contributed by atoms with van der Waals surface area (Å²) in [5, 5.41) is 1.16. The van der Waals surface area contributed by atoms with Gasteiger partial charge in [-0.05, 0) is 51.5 Å². The Morgan fingerprint density at radius 1 is 1.10 bits per heavy atom. The fourth-order valence-electron chi connectivity index (χ4n) is 3.63. The molecule has 31 heavy (non-hydrogen) atoms. The van der Waals surface area contributed by atoms with Crippen LogP contribution in [0.4, 0.5) is 10.6 Å². The summed E-state index contributed by atoms with van der Waals surface area (Å²) in [6, 6.07) is 6.31. The van der Waals surface area contributed by atoms with Gasteiger partial charge in [-0.25, -0.2) is 14.8 Å². The van der Waals surface area contributed by atoms with Gasteiger partial charge in [0.25, 0.3) is 0 Å². The van der Waals surface area contributed by atoms with E-state index in [1.54, 1.807) is 14.0 Å². The van der Waals surface area contributed by atoms with Crippen molar-refractivity contribution in [3.63, 3.8) is 0 Å². The smallest absolute Gasteiger partial charge is 0.410 e. The molecule has 3 aromatic heterocycles. The molecular weight excluding hydrogens is 525 g/mol. The Bertz CT molecular complexity index is 1090. The lowest BCUT2D eigenvalue weighted by atomic mass is 10.1. The van der Waals surface area contributed by atoms with E-state index in [4.69, 9.17) is 4.74 Å². The second-order valence-corrected chi connectivity index (χ2v) is 10.4. The zero-order chi connectivity index (χ0) is 22.2. The van der Waals surface area contributed by atoms with Crippen molar-refractivity contribution >= 4 is 53.3 Å². The van der Waals surface area contributed by atoms with Gasteiger partial charge in [0, 0.05) is 91.6 Å². The van der Waals surface area contributed by atoms with Crippen LogP contribution in [-0.4, -0.2) is 56.7 Å². The van der Waals surface area contributed by atoms with Crippen molar-refractivity contribution in [1.82, 2.24) is 18.8 Å².